The number of nitrogens with one attached hydrogen (secondary N) is 3. The predicted octanol–water partition coefficient (Wildman–Crippen LogP) is 4.29. The van der Waals surface area contributed by atoms with E-state index in [-0.39, 0.29) is 5.56 Å². The van der Waals surface area contributed by atoms with Gasteiger partial charge in [-0.25, -0.2) is 0 Å². The predicted molar refractivity (Wildman–Crippen MR) is 118 cm³/mol. The summed E-state index contributed by atoms with van der Waals surface area (Å²) in [6, 6.07) is 12.3. The molecule has 2 aromatic carbocycles. The van der Waals surface area contributed by atoms with E-state index in [1.807, 2.05) is 13.0 Å². The second-order valence-corrected chi connectivity index (χ2v) is 7.51. The van der Waals surface area contributed by atoms with E-state index < -0.39 is 0 Å². The van der Waals surface area contributed by atoms with Gasteiger partial charge in [0.25, 0.3) is 5.56 Å². The fourth-order valence-electron chi connectivity index (χ4n) is 3.29. The fourth-order valence-corrected chi connectivity index (χ4v) is 3.51. The maximum absolute atomic E-state index is 12.4. The lowest BCUT2D eigenvalue weighted by atomic mass is 10.0. The molecule has 0 atom stereocenters. The molecular weight excluding hydrogens is 354 g/mol. The summed E-state index contributed by atoms with van der Waals surface area (Å²) in [5, 5.41) is 8.00. The number of aromatic amines is 1. The molecule has 0 bridgehead atoms. The van der Waals surface area contributed by atoms with E-state index >= 15 is 0 Å². The van der Waals surface area contributed by atoms with Gasteiger partial charge in [-0.15, -0.1) is 0 Å². The Hall–Kier alpha value is -2.66. The summed E-state index contributed by atoms with van der Waals surface area (Å²) in [6.45, 7) is 8.80. The van der Waals surface area contributed by atoms with Gasteiger partial charge in [-0.1, -0.05) is 18.2 Å². The molecule has 3 rings (SSSR count). The molecule has 0 amide bonds. The van der Waals surface area contributed by atoms with Gasteiger partial charge in [0.1, 0.15) is 0 Å². The van der Waals surface area contributed by atoms with Crippen LogP contribution in [0.1, 0.15) is 27.8 Å². The molecular formula is C22H25N3OS. The highest BCUT2D eigenvalue weighted by Gasteiger charge is 2.07. The van der Waals surface area contributed by atoms with Crippen molar-refractivity contribution in [3.63, 3.8) is 0 Å². The molecule has 1 aromatic heterocycles. The van der Waals surface area contributed by atoms with Crippen molar-refractivity contribution in [1.29, 1.82) is 0 Å². The number of rotatable bonds is 4. The number of thiocarbonyl (C=S) groups is 1. The van der Waals surface area contributed by atoms with E-state index in [1.54, 1.807) is 0 Å². The van der Waals surface area contributed by atoms with Crippen LogP contribution in [0, 0.1) is 27.7 Å². The van der Waals surface area contributed by atoms with Crippen LogP contribution in [0.3, 0.4) is 0 Å². The number of aromatic nitrogens is 1. The van der Waals surface area contributed by atoms with Crippen molar-refractivity contribution in [3.05, 3.63) is 74.6 Å². The first-order chi connectivity index (χ1) is 12.8. The quantitative estimate of drug-likeness (QED) is 0.592. The second kappa shape index (κ2) is 7.92. The van der Waals surface area contributed by atoms with Crippen molar-refractivity contribution in [2.75, 3.05) is 11.9 Å². The summed E-state index contributed by atoms with van der Waals surface area (Å²) in [5.41, 5.74) is 7.28. The van der Waals surface area contributed by atoms with Crippen molar-refractivity contribution < 1.29 is 0 Å². The summed E-state index contributed by atoms with van der Waals surface area (Å²) < 4.78 is 0. The topological polar surface area (TPSA) is 56.9 Å². The molecule has 0 radical (unpaired) electrons. The van der Waals surface area contributed by atoms with Gasteiger partial charge in [0.2, 0.25) is 0 Å². The van der Waals surface area contributed by atoms with Crippen molar-refractivity contribution in [2.24, 2.45) is 0 Å². The lowest BCUT2D eigenvalue weighted by Crippen LogP contribution is -2.31. The zero-order chi connectivity index (χ0) is 19.6. The van der Waals surface area contributed by atoms with E-state index in [0.29, 0.717) is 18.1 Å². The van der Waals surface area contributed by atoms with E-state index in [4.69, 9.17) is 12.2 Å². The third-order valence-electron chi connectivity index (χ3n) is 4.79. The average Bonchev–Trinajstić information content (AvgIpc) is 2.58. The molecule has 3 aromatic rings. The molecule has 1 heterocycles. The van der Waals surface area contributed by atoms with E-state index in [0.717, 1.165) is 27.7 Å². The van der Waals surface area contributed by atoms with Crippen LogP contribution in [0.4, 0.5) is 5.69 Å². The first-order valence-electron chi connectivity index (χ1n) is 9.09. The minimum Gasteiger partial charge on any atom is -0.362 e. The monoisotopic (exact) mass is 379 g/mol. The first-order valence-corrected chi connectivity index (χ1v) is 9.49. The maximum Gasteiger partial charge on any atom is 0.251 e. The van der Waals surface area contributed by atoms with Gasteiger partial charge in [-0.05, 0) is 92.2 Å². The zero-order valence-corrected chi connectivity index (χ0v) is 17.0. The largest absolute Gasteiger partial charge is 0.362 e. The van der Waals surface area contributed by atoms with Crippen LogP contribution in [0.15, 0.2) is 41.2 Å². The van der Waals surface area contributed by atoms with Crippen molar-refractivity contribution in [1.82, 2.24) is 10.3 Å². The fraction of sp³-hybridized carbons (Fsp3) is 0.273. The van der Waals surface area contributed by atoms with Crippen LogP contribution >= 0.6 is 12.2 Å². The van der Waals surface area contributed by atoms with Gasteiger partial charge in [-0.2, -0.15) is 0 Å². The molecule has 27 heavy (non-hydrogen) atoms. The first kappa shape index (κ1) is 19.1. The maximum atomic E-state index is 12.4. The highest BCUT2D eigenvalue weighted by atomic mass is 32.1. The van der Waals surface area contributed by atoms with Crippen LogP contribution in [-0.4, -0.2) is 16.6 Å². The molecule has 0 fully saturated rings. The number of pyridine rings is 1. The zero-order valence-electron chi connectivity index (χ0n) is 16.2. The Morgan fingerprint density at radius 2 is 1.74 bits per heavy atom. The van der Waals surface area contributed by atoms with Crippen LogP contribution in [0.2, 0.25) is 0 Å². The summed E-state index contributed by atoms with van der Waals surface area (Å²) in [7, 11) is 0. The molecule has 0 aliphatic rings. The lowest BCUT2D eigenvalue weighted by molar-refractivity contribution is 0.863. The minimum atomic E-state index is -0.0359. The van der Waals surface area contributed by atoms with Gasteiger partial charge >= 0.3 is 0 Å². The number of hydrogen-bond donors (Lipinski definition) is 3. The molecule has 3 N–H and O–H groups in total. The Morgan fingerprint density at radius 1 is 1.04 bits per heavy atom. The smallest absolute Gasteiger partial charge is 0.251 e. The van der Waals surface area contributed by atoms with Gasteiger partial charge in [0, 0.05) is 17.8 Å². The Labute approximate surface area is 165 Å². The third-order valence-corrected chi connectivity index (χ3v) is 5.03. The Morgan fingerprint density at radius 3 is 2.44 bits per heavy atom. The standard InChI is InChI=1S/C22H25N3OS/c1-13-9-14(2)11-19(10-13)24-22(27)23-8-7-18-12-17-6-5-15(3)16(4)20(17)25-21(18)26/h5-6,9-12H,7-8H2,1-4H3,(H,25,26)(H2,23,24,27). The summed E-state index contributed by atoms with van der Waals surface area (Å²) in [5.74, 6) is 0. The molecule has 4 nitrogen and oxygen atoms in total. The average molecular weight is 380 g/mol. The number of aryl methyl sites for hydroxylation is 4. The highest BCUT2D eigenvalue weighted by molar-refractivity contribution is 7.80. The molecule has 140 valence electrons. The molecule has 5 heteroatoms. The SMILES string of the molecule is Cc1cc(C)cc(NC(=S)NCCc2cc3ccc(C)c(C)c3[nH]c2=O)c1. The van der Waals surface area contributed by atoms with E-state index in [9.17, 15) is 4.79 Å². The molecule has 0 aliphatic carbocycles. The Bertz CT molecular complexity index is 1050. The highest BCUT2D eigenvalue weighted by Crippen LogP contribution is 2.19. The van der Waals surface area contributed by atoms with Crippen LogP contribution in [0.25, 0.3) is 10.9 Å². The van der Waals surface area contributed by atoms with Crippen molar-refractivity contribution in [2.45, 2.75) is 34.1 Å². The van der Waals surface area contributed by atoms with Crippen LogP contribution in [0.5, 0.6) is 0 Å². The lowest BCUT2D eigenvalue weighted by Gasteiger charge is -2.12. The molecule has 0 unspecified atom stereocenters. The number of hydrogen-bond acceptors (Lipinski definition) is 2. The van der Waals surface area contributed by atoms with Gasteiger partial charge in [-0.3, -0.25) is 4.79 Å². The molecule has 0 aliphatic heterocycles. The second-order valence-electron chi connectivity index (χ2n) is 7.10. The molecule has 0 spiro atoms. The summed E-state index contributed by atoms with van der Waals surface area (Å²) in [4.78, 5) is 15.4. The summed E-state index contributed by atoms with van der Waals surface area (Å²) in [6.07, 6.45) is 0.604. The normalized spacial score (nSPS) is 10.8. The molecule has 0 saturated heterocycles. The van der Waals surface area contributed by atoms with Crippen molar-refractivity contribution in [3.8, 4) is 0 Å². The van der Waals surface area contributed by atoms with Crippen molar-refractivity contribution >= 4 is 33.9 Å². The Balaban J connectivity index is 1.65. The van der Waals surface area contributed by atoms with Gasteiger partial charge < -0.3 is 15.6 Å². The number of fused-ring (bicyclic) bond motifs is 1. The summed E-state index contributed by atoms with van der Waals surface area (Å²) >= 11 is 5.37. The van der Waals surface area contributed by atoms with Gasteiger partial charge in [0.15, 0.2) is 5.11 Å². The third kappa shape index (κ3) is 4.55. The number of H-pyrrole nitrogens is 1. The van der Waals surface area contributed by atoms with Crippen LogP contribution < -0.4 is 16.2 Å². The number of benzene rings is 2. The van der Waals surface area contributed by atoms with E-state index in [1.165, 1.54) is 16.7 Å². The number of anilines is 1. The van der Waals surface area contributed by atoms with Crippen LogP contribution in [-0.2, 0) is 6.42 Å². The Kier molecular flexibility index (Phi) is 5.61. The molecule has 0 saturated carbocycles. The van der Waals surface area contributed by atoms with Gasteiger partial charge in [0.05, 0.1) is 5.52 Å². The minimum absolute atomic E-state index is 0.0359. The van der Waals surface area contributed by atoms with E-state index in [2.05, 4.69) is 66.7 Å².